The molecule has 3 aliphatic heterocycles. The van der Waals surface area contributed by atoms with E-state index in [1.54, 1.807) is 24.3 Å². The van der Waals surface area contributed by atoms with Crippen molar-refractivity contribution in [1.29, 1.82) is 0 Å². The molecule has 38 heavy (non-hydrogen) atoms. The number of anilines is 1. The lowest BCUT2D eigenvalue weighted by atomic mass is 9.94. The summed E-state index contributed by atoms with van der Waals surface area (Å²) < 4.78 is 23.1. The van der Waals surface area contributed by atoms with E-state index in [2.05, 4.69) is 30.6 Å². The maximum absolute atomic E-state index is 15.3. The van der Waals surface area contributed by atoms with Crippen LogP contribution in [0, 0.1) is 5.82 Å². The maximum atomic E-state index is 15.3. The highest BCUT2D eigenvalue weighted by Gasteiger charge is 2.58. The summed E-state index contributed by atoms with van der Waals surface area (Å²) in [6.45, 7) is 11.3. The molecule has 3 aliphatic rings. The Hall–Kier alpha value is -2.49. The number of likely N-dealkylation sites (N-methyl/N-ethyl adjacent to an activating group) is 1. The van der Waals surface area contributed by atoms with E-state index >= 15 is 4.39 Å². The number of halogens is 3. The average molecular weight is 558 g/mol. The van der Waals surface area contributed by atoms with E-state index in [1.165, 1.54) is 11.0 Å². The lowest BCUT2D eigenvalue weighted by Crippen LogP contribution is -2.44. The predicted molar refractivity (Wildman–Crippen MR) is 145 cm³/mol. The first-order valence-electron chi connectivity index (χ1n) is 13.0. The molecular weight excluding hydrogens is 528 g/mol. The van der Waals surface area contributed by atoms with Crippen LogP contribution in [0.15, 0.2) is 42.5 Å². The van der Waals surface area contributed by atoms with Gasteiger partial charge in [-0.2, -0.15) is 5.10 Å². The number of benzene rings is 2. The quantitative estimate of drug-likeness (QED) is 0.358. The van der Waals surface area contributed by atoms with Gasteiger partial charge in [0, 0.05) is 35.9 Å². The minimum absolute atomic E-state index is 0.0354. The Bertz CT molecular complexity index is 1390. The second kappa shape index (κ2) is 9.61. The van der Waals surface area contributed by atoms with Gasteiger partial charge in [0.1, 0.15) is 6.61 Å². The molecule has 0 bridgehead atoms. The summed E-state index contributed by atoms with van der Waals surface area (Å²) in [6.07, 6.45) is 0. The number of ether oxygens (including phenoxy) is 1. The summed E-state index contributed by atoms with van der Waals surface area (Å²) in [6, 6.07) is 11.5. The van der Waals surface area contributed by atoms with Crippen LogP contribution >= 0.6 is 23.2 Å². The number of carbonyl (C=O) groups excluding carboxylic acids is 1. The smallest absolute Gasteiger partial charge is 0.280 e. The van der Waals surface area contributed by atoms with Crippen LogP contribution in [-0.2, 0) is 11.3 Å². The van der Waals surface area contributed by atoms with Crippen LogP contribution in [0.25, 0.3) is 0 Å². The summed E-state index contributed by atoms with van der Waals surface area (Å²) in [7, 11) is 0. The zero-order valence-electron chi connectivity index (χ0n) is 21.6. The van der Waals surface area contributed by atoms with Crippen molar-refractivity contribution in [1.82, 2.24) is 19.6 Å². The molecule has 0 saturated carbocycles. The van der Waals surface area contributed by atoms with Crippen LogP contribution in [0.3, 0.4) is 0 Å². The Morgan fingerprint density at radius 3 is 2.47 bits per heavy atom. The number of epoxide rings is 1. The molecule has 1 amide bonds. The molecule has 0 N–H and O–H groups in total. The predicted octanol–water partition coefficient (Wildman–Crippen LogP) is 5.52. The van der Waals surface area contributed by atoms with Crippen LogP contribution < -0.4 is 4.90 Å². The van der Waals surface area contributed by atoms with Gasteiger partial charge in [-0.3, -0.25) is 24.2 Å². The molecule has 6 rings (SSSR count). The highest BCUT2D eigenvalue weighted by Crippen LogP contribution is 2.46. The normalized spacial score (nSPS) is 23.3. The Labute approximate surface area is 231 Å². The number of rotatable bonds is 7. The van der Waals surface area contributed by atoms with Gasteiger partial charge in [-0.15, -0.1) is 0 Å². The fourth-order valence-corrected chi connectivity index (χ4v) is 6.37. The van der Waals surface area contributed by atoms with Crippen molar-refractivity contribution in [2.45, 2.75) is 45.1 Å². The van der Waals surface area contributed by atoms with Gasteiger partial charge in [-0.25, -0.2) is 4.39 Å². The van der Waals surface area contributed by atoms with Gasteiger partial charge in [0.15, 0.2) is 11.5 Å². The van der Waals surface area contributed by atoms with Gasteiger partial charge < -0.3 is 4.74 Å². The number of amides is 1. The van der Waals surface area contributed by atoms with Crippen molar-refractivity contribution in [3.05, 3.63) is 80.8 Å². The third kappa shape index (κ3) is 3.97. The monoisotopic (exact) mass is 557 g/mol. The molecule has 4 heterocycles. The molecule has 0 aliphatic carbocycles. The fourth-order valence-electron chi connectivity index (χ4n) is 6.07. The number of carbonyl (C=O) groups is 1. The standard InChI is InChI=1S/C28H30Cl2FN5O2/c1-4-33-12-13-34(28(33)16-38-28)14-15-35-25(17(2)3)22-24(32-35)27(37)36(21-7-5-6-20(30)23(21)31)26(22)18-8-10-19(29)11-9-18/h5-11,17,26H,4,12-16H2,1-3H3. The number of fused-ring (bicyclic) bond motifs is 1. The van der Waals surface area contributed by atoms with Crippen molar-refractivity contribution in [3.63, 3.8) is 0 Å². The first kappa shape index (κ1) is 25.8. The molecule has 3 aromatic rings. The van der Waals surface area contributed by atoms with Gasteiger partial charge in [-0.1, -0.05) is 62.2 Å². The first-order chi connectivity index (χ1) is 18.3. The summed E-state index contributed by atoms with van der Waals surface area (Å²) >= 11 is 12.3. The van der Waals surface area contributed by atoms with E-state index in [1.807, 2.05) is 16.8 Å². The number of nitrogens with zero attached hydrogens (tertiary/aromatic N) is 5. The molecule has 2 aromatic carbocycles. The molecule has 200 valence electrons. The van der Waals surface area contributed by atoms with Gasteiger partial charge in [0.2, 0.25) is 5.85 Å². The first-order valence-corrected chi connectivity index (χ1v) is 13.8. The van der Waals surface area contributed by atoms with E-state index in [9.17, 15) is 4.79 Å². The van der Waals surface area contributed by atoms with E-state index < -0.39 is 11.9 Å². The summed E-state index contributed by atoms with van der Waals surface area (Å²) in [5.41, 5.74) is 3.08. The maximum Gasteiger partial charge on any atom is 0.280 e. The van der Waals surface area contributed by atoms with Crippen LogP contribution in [-0.4, -0.2) is 64.1 Å². The molecule has 1 spiro atoms. The van der Waals surface area contributed by atoms with E-state index in [-0.39, 0.29) is 28.4 Å². The number of hydrogen-bond acceptors (Lipinski definition) is 5. The van der Waals surface area contributed by atoms with Crippen LogP contribution in [0.1, 0.15) is 60.0 Å². The van der Waals surface area contributed by atoms with E-state index in [0.717, 1.165) is 43.0 Å². The minimum atomic E-state index is -0.630. The van der Waals surface area contributed by atoms with Crippen LogP contribution in [0.2, 0.25) is 10.0 Å². The van der Waals surface area contributed by atoms with Gasteiger partial charge >= 0.3 is 0 Å². The Kier molecular flexibility index (Phi) is 6.52. The Morgan fingerprint density at radius 1 is 1.11 bits per heavy atom. The van der Waals surface area contributed by atoms with Crippen molar-refractivity contribution in [3.8, 4) is 0 Å². The molecule has 2 saturated heterocycles. The van der Waals surface area contributed by atoms with Gasteiger partial charge in [-0.05, 0) is 42.3 Å². The third-order valence-electron chi connectivity index (χ3n) is 7.90. The minimum Gasteiger partial charge on any atom is -0.339 e. The second-order valence-electron chi connectivity index (χ2n) is 10.3. The van der Waals surface area contributed by atoms with Crippen molar-refractivity contribution in [2.75, 3.05) is 37.7 Å². The Morgan fingerprint density at radius 2 is 1.82 bits per heavy atom. The van der Waals surface area contributed by atoms with Crippen molar-refractivity contribution in [2.24, 2.45) is 0 Å². The van der Waals surface area contributed by atoms with Crippen molar-refractivity contribution < 1.29 is 13.9 Å². The molecule has 2 atom stereocenters. The van der Waals surface area contributed by atoms with E-state index in [4.69, 9.17) is 33.0 Å². The molecule has 1 aromatic heterocycles. The highest BCUT2D eigenvalue weighted by atomic mass is 35.5. The molecule has 0 radical (unpaired) electrons. The summed E-state index contributed by atoms with van der Waals surface area (Å²) in [5.74, 6) is -1.18. The highest BCUT2D eigenvalue weighted by molar-refractivity contribution is 6.31. The molecule has 10 heteroatoms. The molecule has 2 unspecified atom stereocenters. The second-order valence-corrected chi connectivity index (χ2v) is 11.2. The molecule has 7 nitrogen and oxygen atoms in total. The fraction of sp³-hybridized carbons (Fsp3) is 0.429. The zero-order chi connectivity index (χ0) is 26.8. The largest absolute Gasteiger partial charge is 0.339 e. The topological polar surface area (TPSA) is 57.1 Å². The van der Waals surface area contributed by atoms with Gasteiger partial charge in [0.25, 0.3) is 5.91 Å². The average Bonchev–Trinajstić information content (AvgIpc) is 3.38. The van der Waals surface area contributed by atoms with Crippen molar-refractivity contribution >= 4 is 34.8 Å². The molecular formula is C28H30Cl2FN5O2. The Balaban J connectivity index is 1.42. The van der Waals surface area contributed by atoms with Crippen LogP contribution in [0.5, 0.6) is 0 Å². The number of hydrogen-bond donors (Lipinski definition) is 0. The van der Waals surface area contributed by atoms with Gasteiger partial charge in [0.05, 0.1) is 23.3 Å². The third-order valence-corrected chi connectivity index (χ3v) is 8.44. The lowest BCUT2D eigenvalue weighted by Gasteiger charge is -2.29. The number of aromatic nitrogens is 2. The lowest BCUT2D eigenvalue weighted by molar-refractivity contribution is 0.0123. The van der Waals surface area contributed by atoms with Crippen LogP contribution in [0.4, 0.5) is 10.1 Å². The zero-order valence-corrected chi connectivity index (χ0v) is 23.1. The SMILES string of the molecule is CCN1CCN(CCn2nc3c(c2C(C)C)C(c2ccc(Cl)cc2)N(c2cccc(Cl)c2F)C3=O)C12CO2. The molecule has 2 fully saturated rings. The summed E-state index contributed by atoms with van der Waals surface area (Å²) in [5, 5.41) is 5.39. The van der Waals surface area contributed by atoms with E-state index in [0.29, 0.717) is 23.9 Å². The summed E-state index contributed by atoms with van der Waals surface area (Å²) in [4.78, 5) is 20.1.